The van der Waals surface area contributed by atoms with Crippen LogP contribution in [0.1, 0.15) is 11.5 Å². The molecular formula is C48H32N2S2. The maximum Gasteiger partial charge on any atom is 0.0555 e. The first-order valence-electron chi connectivity index (χ1n) is 17.8. The van der Waals surface area contributed by atoms with Gasteiger partial charge in [-0.25, -0.2) is 0 Å². The Hall–Kier alpha value is -5.81. The number of hydrogen-bond donors (Lipinski definition) is 0. The minimum atomic E-state index is 0.458. The maximum absolute atomic E-state index is 2.43. The van der Waals surface area contributed by atoms with Crippen LogP contribution in [0, 0.1) is 0 Å². The number of thiophene rings is 1. The molecule has 2 aromatic heterocycles. The first kappa shape index (κ1) is 29.9. The van der Waals surface area contributed by atoms with Gasteiger partial charge in [0.1, 0.15) is 0 Å². The van der Waals surface area contributed by atoms with Crippen molar-refractivity contribution in [2.24, 2.45) is 0 Å². The minimum Gasteiger partial charge on any atom is -0.311 e. The predicted octanol–water partition coefficient (Wildman–Crippen LogP) is 14.0. The van der Waals surface area contributed by atoms with E-state index in [9.17, 15) is 0 Å². The number of thioether (sulfide) groups is 1. The smallest absolute Gasteiger partial charge is 0.0555 e. The molecule has 0 saturated carbocycles. The highest BCUT2D eigenvalue weighted by Crippen LogP contribution is 2.52. The molecule has 0 N–H and O–H groups in total. The van der Waals surface area contributed by atoms with E-state index in [0.717, 1.165) is 22.7 Å². The molecule has 246 valence electrons. The molecule has 2 nitrogen and oxygen atoms in total. The van der Waals surface area contributed by atoms with E-state index in [1.807, 2.05) is 23.1 Å². The largest absolute Gasteiger partial charge is 0.311 e. The number of para-hydroxylation sites is 2. The third-order valence-electron chi connectivity index (χ3n) is 10.7. The Bertz CT molecular complexity index is 2880. The average molecular weight is 701 g/mol. The SMILES string of the molecule is C1=CC2Sc3c(-c4ccc(N(c5ccccc5)c5ccc(-n6c7ccccc7c7cc8c(cc76)sc6ccccc68)cc5)cc4)cccc3C2C=C1. The maximum atomic E-state index is 2.43. The molecule has 0 bridgehead atoms. The van der Waals surface area contributed by atoms with Gasteiger partial charge in [0.05, 0.1) is 11.0 Å². The summed E-state index contributed by atoms with van der Waals surface area (Å²) in [6, 6.07) is 58.0. The molecule has 9 aromatic rings. The monoisotopic (exact) mass is 700 g/mol. The summed E-state index contributed by atoms with van der Waals surface area (Å²) in [5, 5.41) is 5.71. The van der Waals surface area contributed by atoms with Gasteiger partial charge in [0.15, 0.2) is 0 Å². The molecule has 0 spiro atoms. The van der Waals surface area contributed by atoms with Crippen molar-refractivity contribution in [3.8, 4) is 16.8 Å². The van der Waals surface area contributed by atoms with Crippen LogP contribution in [0.4, 0.5) is 17.1 Å². The highest BCUT2D eigenvalue weighted by atomic mass is 32.2. The van der Waals surface area contributed by atoms with Crippen LogP contribution >= 0.6 is 23.1 Å². The first-order valence-corrected chi connectivity index (χ1v) is 19.5. The molecule has 2 unspecified atom stereocenters. The topological polar surface area (TPSA) is 8.17 Å². The summed E-state index contributed by atoms with van der Waals surface area (Å²) in [6.45, 7) is 0. The first-order chi connectivity index (χ1) is 25.8. The second kappa shape index (κ2) is 11.9. The van der Waals surface area contributed by atoms with Crippen LogP contribution in [0.25, 0.3) is 58.8 Å². The summed E-state index contributed by atoms with van der Waals surface area (Å²) in [4.78, 5) is 3.77. The fraction of sp³-hybridized carbons (Fsp3) is 0.0417. The standard InChI is InChI=1S/C48H32N2S2/c1-2-11-32(12-3-1)49(33-23-21-31(22-24-33)36-16-10-17-40-38-14-5-9-20-46(38)52-48(36)40)34-25-27-35(28-26-34)50-43-18-7-4-13-37(43)41-29-42-39-15-6-8-19-45(39)51-47(42)30-44(41)50/h1-30,38,46H. The molecule has 0 fully saturated rings. The second-order valence-corrected chi connectivity index (χ2v) is 15.9. The van der Waals surface area contributed by atoms with Crippen LogP contribution in [0.15, 0.2) is 187 Å². The summed E-state index contributed by atoms with van der Waals surface area (Å²) in [7, 11) is 0. The molecule has 7 aromatic carbocycles. The predicted molar refractivity (Wildman–Crippen MR) is 224 cm³/mol. The van der Waals surface area contributed by atoms with Crippen molar-refractivity contribution in [3.63, 3.8) is 0 Å². The van der Waals surface area contributed by atoms with Gasteiger partial charge in [0.25, 0.3) is 0 Å². The van der Waals surface area contributed by atoms with Gasteiger partial charge in [0.2, 0.25) is 0 Å². The number of rotatable bonds is 5. The molecule has 0 amide bonds. The van der Waals surface area contributed by atoms with Crippen molar-refractivity contribution in [3.05, 3.63) is 188 Å². The van der Waals surface area contributed by atoms with Crippen LogP contribution < -0.4 is 4.90 Å². The third kappa shape index (κ3) is 4.65. The van der Waals surface area contributed by atoms with Crippen LogP contribution in [0.5, 0.6) is 0 Å². The molecule has 4 heteroatoms. The van der Waals surface area contributed by atoms with Crippen LogP contribution in [-0.4, -0.2) is 9.82 Å². The van der Waals surface area contributed by atoms with Gasteiger partial charge in [-0.15, -0.1) is 23.1 Å². The number of fused-ring (bicyclic) bond motifs is 9. The lowest BCUT2D eigenvalue weighted by atomic mass is 9.90. The zero-order valence-electron chi connectivity index (χ0n) is 28.2. The van der Waals surface area contributed by atoms with E-state index >= 15 is 0 Å². The lowest BCUT2D eigenvalue weighted by Gasteiger charge is -2.26. The Kier molecular flexibility index (Phi) is 6.82. The van der Waals surface area contributed by atoms with E-state index in [-0.39, 0.29) is 0 Å². The molecule has 1 aliphatic carbocycles. The van der Waals surface area contributed by atoms with E-state index in [2.05, 4.69) is 191 Å². The fourth-order valence-corrected chi connectivity index (χ4v) is 10.9. The Morgan fingerprint density at radius 3 is 2.06 bits per heavy atom. The number of benzene rings is 7. The molecule has 52 heavy (non-hydrogen) atoms. The van der Waals surface area contributed by atoms with E-state index in [0.29, 0.717) is 11.2 Å². The van der Waals surface area contributed by atoms with Crippen molar-refractivity contribution in [2.45, 2.75) is 16.1 Å². The number of nitrogens with zero attached hydrogens (tertiary/aromatic N) is 2. The fourth-order valence-electron chi connectivity index (χ4n) is 8.32. The molecule has 1 aliphatic heterocycles. The second-order valence-electron chi connectivity index (χ2n) is 13.7. The van der Waals surface area contributed by atoms with E-state index in [4.69, 9.17) is 0 Å². The number of anilines is 3. The number of hydrogen-bond acceptors (Lipinski definition) is 3. The quantitative estimate of drug-likeness (QED) is 0.177. The van der Waals surface area contributed by atoms with E-state index < -0.39 is 0 Å². The Balaban J connectivity index is 0.997. The van der Waals surface area contributed by atoms with Crippen molar-refractivity contribution < 1.29 is 0 Å². The Morgan fingerprint density at radius 1 is 0.500 bits per heavy atom. The van der Waals surface area contributed by atoms with Crippen molar-refractivity contribution >= 4 is 82.1 Å². The summed E-state index contributed by atoms with van der Waals surface area (Å²) in [5.74, 6) is 0.458. The van der Waals surface area contributed by atoms with Gasteiger partial charge in [-0.1, -0.05) is 109 Å². The molecule has 0 saturated heterocycles. The average Bonchev–Trinajstić information content (AvgIpc) is 3.87. The van der Waals surface area contributed by atoms with Crippen molar-refractivity contribution in [2.75, 3.05) is 4.90 Å². The molecule has 0 radical (unpaired) electrons. The highest BCUT2D eigenvalue weighted by Gasteiger charge is 2.32. The van der Waals surface area contributed by atoms with Gasteiger partial charge < -0.3 is 9.47 Å². The molecule has 11 rings (SSSR count). The number of aromatic nitrogens is 1. The summed E-state index contributed by atoms with van der Waals surface area (Å²) < 4.78 is 5.08. The number of allylic oxidation sites excluding steroid dienone is 3. The van der Waals surface area contributed by atoms with Crippen LogP contribution in [0.3, 0.4) is 0 Å². The van der Waals surface area contributed by atoms with Crippen molar-refractivity contribution in [1.29, 1.82) is 0 Å². The minimum absolute atomic E-state index is 0.458. The Morgan fingerprint density at radius 2 is 1.21 bits per heavy atom. The molecule has 3 heterocycles. The molecular weight excluding hydrogens is 669 g/mol. The summed E-state index contributed by atoms with van der Waals surface area (Å²) >= 11 is 3.87. The van der Waals surface area contributed by atoms with Gasteiger partial charge >= 0.3 is 0 Å². The lowest BCUT2D eigenvalue weighted by molar-refractivity contribution is 0.881. The summed E-state index contributed by atoms with van der Waals surface area (Å²) in [6.07, 6.45) is 9.07. The third-order valence-corrected chi connectivity index (χ3v) is 13.3. The van der Waals surface area contributed by atoms with E-state index in [1.165, 1.54) is 63.6 Å². The lowest BCUT2D eigenvalue weighted by Crippen LogP contribution is -2.10. The highest BCUT2D eigenvalue weighted by molar-refractivity contribution is 8.00. The van der Waals surface area contributed by atoms with Crippen molar-refractivity contribution in [1.82, 2.24) is 4.57 Å². The zero-order chi connectivity index (χ0) is 34.2. The molecule has 2 atom stereocenters. The van der Waals surface area contributed by atoms with Gasteiger partial charge in [0, 0.05) is 69.8 Å². The van der Waals surface area contributed by atoms with Gasteiger partial charge in [-0.3, -0.25) is 0 Å². The van der Waals surface area contributed by atoms with Gasteiger partial charge in [-0.2, -0.15) is 0 Å². The summed E-state index contributed by atoms with van der Waals surface area (Å²) in [5.41, 5.74) is 11.0. The van der Waals surface area contributed by atoms with Gasteiger partial charge in [-0.05, 0) is 89.5 Å². The Labute approximate surface area is 310 Å². The van der Waals surface area contributed by atoms with Crippen LogP contribution in [-0.2, 0) is 0 Å². The van der Waals surface area contributed by atoms with E-state index in [1.54, 1.807) is 0 Å². The van der Waals surface area contributed by atoms with Crippen LogP contribution in [0.2, 0.25) is 0 Å². The zero-order valence-corrected chi connectivity index (χ0v) is 29.8. The molecule has 2 aliphatic rings. The normalized spacial score (nSPS) is 16.2.